The fourth-order valence-electron chi connectivity index (χ4n) is 5.28. The molecule has 43 heavy (non-hydrogen) atoms. The van der Waals surface area contributed by atoms with E-state index in [1.54, 1.807) is 18.3 Å². The molecule has 0 saturated carbocycles. The fourth-order valence-corrected chi connectivity index (χ4v) is 6.35. The lowest BCUT2D eigenvalue weighted by Crippen LogP contribution is -2.54. The van der Waals surface area contributed by atoms with Gasteiger partial charge in [-0.1, -0.05) is 57.2 Å². The summed E-state index contributed by atoms with van der Waals surface area (Å²) < 4.78 is 1.07. The largest absolute Gasteiger partial charge is 0.354 e. The topological polar surface area (TPSA) is 107 Å². The van der Waals surface area contributed by atoms with Gasteiger partial charge in [-0.25, -0.2) is 4.98 Å². The molecule has 3 aromatic rings. The molecule has 0 aliphatic carbocycles. The zero-order valence-electron chi connectivity index (χ0n) is 25.9. The van der Waals surface area contributed by atoms with Crippen LogP contribution in [0.4, 0.5) is 0 Å². The van der Waals surface area contributed by atoms with E-state index in [2.05, 4.69) is 51.9 Å². The van der Waals surface area contributed by atoms with Crippen LogP contribution in [0.15, 0.2) is 48.5 Å². The maximum atomic E-state index is 13.7. The zero-order valence-corrected chi connectivity index (χ0v) is 26.7. The first-order valence-electron chi connectivity index (χ1n) is 15.4. The third-order valence-corrected chi connectivity index (χ3v) is 9.07. The summed E-state index contributed by atoms with van der Waals surface area (Å²) in [5, 5.41) is 9.93. The second kappa shape index (κ2) is 15.9. The van der Waals surface area contributed by atoms with Crippen molar-refractivity contribution in [3.05, 3.63) is 64.7 Å². The second-order valence-electron chi connectivity index (χ2n) is 11.6. The number of rotatable bonds is 14. The molecule has 0 radical (unpaired) electrons. The minimum absolute atomic E-state index is 0.0250. The molecule has 1 fully saturated rings. The summed E-state index contributed by atoms with van der Waals surface area (Å²) in [7, 11) is 2.12. The first-order chi connectivity index (χ1) is 20.7. The third-order valence-electron chi connectivity index (χ3n) is 8.03. The second-order valence-corrected chi connectivity index (χ2v) is 12.7. The van der Waals surface area contributed by atoms with Gasteiger partial charge in [0.05, 0.1) is 21.3 Å². The van der Waals surface area contributed by atoms with E-state index in [1.807, 2.05) is 43.3 Å². The number of fused-ring (bicyclic) bond motifs is 1. The molecule has 3 atom stereocenters. The summed E-state index contributed by atoms with van der Waals surface area (Å²) in [6, 6.07) is 15.0. The van der Waals surface area contributed by atoms with Crippen molar-refractivity contribution < 1.29 is 14.4 Å². The molecule has 1 unspecified atom stereocenters. The highest BCUT2D eigenvalue weighted by atomic mass is 32.1. The van der Waals surface area contributed by atoms with Gasteiger partial charge in [0.2, 0.25) is 17.7 Å². The van der Waals surface area contributed by atoms with E-state index in [4.69, 9.17) is 4.98 Å². The first kappa shape index (κ1) is 32.6. The van der Waals surface area contributed by atoms with Crippen LogP contribution in [0.25, 0.3) is 10.2 Å². The average Bonchev–Trinajstić information content (AvgIpc) is 3.42. The van der Waals surface area contributed by atoms with Crippen LogP contribution in [0.3, 0.4) is 0 Å². The number of hydrogen-bond acceptors (Lipinski definition) is 7. The highest BCUT2D eigenvalue weighted by Gasteiger charge is 2.26. The maximum Gasteiger partial charge on any atom is 0.243 e. The quantitative estimate of drug-likeness (QED) is 0.261. The lowest BCUT2D eigenvalue weighted by Gasteiger charge is -2.33. The van der Waals surface area contributed by atoms with Gasteiger partial charge in [-0.3, -0.25) is 14.4 Å². The lowest BCUT2D eigenvalue weighted by molar-refractivity contribution is -0.129. The van der Waals surface area contributed by atoms with Crippen LogP contribution < -0.4 is 16.0 Å². The monoisotopic (exact) mass is 606 g/mol. The summed E-state index contributed by atoms with van der Waals surface area (Å²) in [4.78, 5) is 48.6. The van der Waals surface area contributed by atoms with Crippen molar-refractivity contribution in [2.45, 2.75) is 58.5 Å². The highest BCUT2D eigenvalue weighted by Crippen LogP contribution is 2.24. The molecule has 0 bridgehead atoms. The standard InChI is InChI=1S/C33H46N6O3S/c1-5-24-12-13-27-29(19-24)43-31(37-27)20-28(36-30(40)6-2)33(42)35-26(18-25-10-8-7-9-11-25)21-34-32(41)23(3)22-39-16-14-38(4)15-17-39/h7-13,19,23,26,28H,5-6,14-18,20-22H2,1-4H3,(H,34,41)(H,35,42)(H,36,40)/t23?,26-,28-/m0/s1. The van der Waals surface area contributed by atoms with Crippen molar-refractivity contribution in [1.29, 1.82) is 0 Å². The van der Waals surface area contributed by atoms with Crippen molar-refractivity contribution in [3.8, 4) is 0 Å². The summed E-state index contributed by atoms with van der Waals surface area (Å²) in [5.74, 6) is -0.667. The number of piperazine rings is 1. The number of carbonyl (C=O) groups excluding carboxylic acids is 3. The van der Waals surface area contributed by atoms with Gasteiger partial charge >= 0.3 is 0 Å². The van der Waals surface area contributed by atoms with Crippen LogP contribution >= 0.6 is 11.3 Å². The normalized spacial score (nSPS) is 16.4. The molecule has 1 aromatic heterocycles. The maximum absolute atomic E-state index is 13.7. The number of nitrogens with zero attached hydrogens (tertiary/aromatic N) is 3. The molecule has 10 heteroatoms. The van der Waals surface area contributed by atoms with Crippen LogP contribution in [-0.4, -0.2) is 90.9 Å². The lowest BCUT2D eigenvalue weighted by atomic mass is 10.0. The van der Waals surface area contributed by atoms with Crippen molar-refractivity contribution in [1.82, 2.24) is 30.7 Å². The Labute approximate surface area is 259 Å². The summed E-state index contributed by atoms with van der Waals surface area (Å²) in [6.07, 6.45) is 2.06. The van der Waals surface area contributed by atoms with Gasteiger partial charge in [-0.15, -0.1) is 11.3 Å². The molecule has 2 heterocycles. The Morgan fingerprint density at radius 1 is 0.930 bits per heavy atom. The minimum atomic E-state index is -0.774. The number of amides is 3. The molecule has 232 valence electrons. The van der Waals surface area contributed by atoms with Gasteiger partial charge < -0.3 is 25.8 Å². The number of nitrogens with one attached hydrogen (secondary N) is 3. The third kappa shape index (κ3) is 9.84. The molecule has 0 spiro atoms. The van der Waals surface area contributed by atoms with E-state index in [1.165, 1.54) is 5.56 Å². The van der Waals surface area contributed by atoms with Gasteiger partial charge in [0.1, 0.15) is 6.04 Å². The van der Waals surface area contributed by atoms with Crippen LogP contribution in [0.2, 0.25) is 0 Å². The number of aryl methyl sites for hydroxylation is 1. The molecule has 3 N–H and O–H groups in total. The summed E-state index contributed by atoms with van der Waals surface area (Å²) >= 11 is 1.55. The Kier molecular flexibility index (Phi) is 12.1. The molecule has 1 aliphatic heterocycles. The molecular weight excluding hydrogens is 560 g/mol. The van der Waals surface area contributed by atoms with E-state index in [0.29, 0.717) is 25.9 Å². The summed E-state index contributed by atoms with van der Waals surface area (Å²) in [5.41, 5.74) is 3.19. The van der Waals surface area contributed by atoms with Crippen LogP contribution in [0.5, 0.6) is 0 Å². The Morgan fingerprint density at radius 2 is 1.67 bits per heavy atom. The molecule has 3 amide bonds. The Bertz CT molecular complexity index is 1360. The molecule has 1 saturated heterocycles. The Morgan fingerprint density at radius 3 is 2.37 bits per heavy atom. The van der Waals surface area contributed by atoms with Gasteiger partial charge in [0, 0.05) is 58.0 Å². The van der Waals surface area contributed by atoms with Gasteiger partial charge in [-0.05, 0) is 43.1 Å². The van der Waals surface area contributed by atoms with Crippen molar-refractivity contribution >= 4 is 39.3 Å². The number of hydrogen-bond donors (Lipinski definition) is 3. The van der Waals surface area contributed by atoms with E-state index in [9.17, 15) is 14.4 Å². The predicted octanol–water partition coefficient (Wildman–Crippen LogP) is 3.02. The van der Waals surface area contributed by atoms with E-state index >= 15 is 0 Å². The minimum Gasteiger partial charge on any atom is -0.354 e. The van der Waals surface area contributed by atoms with Crippen molar-refractivity contribution in [2.24, 2.45) is 5.92 Å². The Balaban J connectivity index is 1.43. The number of carbonyl (C=O) groups is 3. The molecule has 9 nitrogen and oxygen atoms in total. The van der Waals surface area contributed by atoms with E-state index < -0.39 is 6.04 Å². The van der Waals surface area contributed by atoms with Crippen molar-refractivity contribution in [2.75, 3.05) is 46.3 Å². The SMILES string of the molecule is CCC(=O)N[C@@H](Cc1nc2ccc(CC)cc2s1)C(=O)N[C@H](CNC(=O)C(C)CN1CCN(C)CC1)Cc1ccccc1. The molecule has 4 rings (SSSR count). The molecule has 1 aliphatic rings. The van der Waals surface area contributed by atoms with Crippen LogP contribution in [-0.2, 0) is 33.6 Å². The van der Waals surface area contributed by atoms with Crippen LogP contribution in [0.1, 0.15) is 43.3 Å². The van der Waals surface area contributed by atoms with Gasteiger partial charge in [0.25, 0.3) is 0 Å². The highest BCUT2D eigenvalue weighted by molar-refractivity contribution is 7.18. The number of aromatic nitrogens is 1. The molecular formula is C33H46N6O3S. The van der Waals surface area contributed by atoms with Crippen molar-refractivity contribution in [3.63, 3.8) is 0 Å². The number of likely N-dealkylation sites (N-methyl/N-ethyl adjacent to an activating group) is 1. The first-order valence-corrected chi connectivity index (χ1v) is 16.3. The number of thiazole rings is 1. The fraction of sp³-hybridized carbons (Fsp3) is 0.515. The van der Waals surface area contributed by atoms with Gasteiger partial charge in [-0.2, -0.15) is 0 Å². The smallest absolute Gasteiger partial charge is 0.243 e. The predicted molar refractivity (Wildman–Crippen MR) is 173 cm³/mol. The van der Waals surface area contributed by atoms with E-state index in [-0.39, 0.29) is 36.1 Å². The zero-order chi connectivity index (χ0) is 30.8. The number of benzene rings is 2. The van der Waals surface area contributed by atoms with E-state index in [0.717, 1.165) is 53.4 Å². The average molecular weight is 607 g/mol. The van der Waals surface area contributed by atoms with Gasteiger partial charge in [0.15, 0.2) is 0 Å². The van der Waals surface area contributed by atoms with Crippen LogP contribution in [0, 0.1) is 5.92 Å². The molecule has 2 aromatic carbocycles. The Hall–Kier alpha value is -3.34. The summed E-state index contributed by atoms with van der Waals surface area (Å²) in [6.45, 7) is 10.8.